The van der Waals surface area contributed by atoms with Gasteiger partial charge in [-0.2, -0.15) is 0 Å². The first-order chi connectivity index (χ1) is 11.4. The van der Waals surface area contributed by atoms with Crippen LogP contribution in [0.1, 0.15) is 30.0 Å². The molecule has 24 heavy (non-hydrogen) atoms. The Morgan fingerprint density at radius 3 is 2.71 bits per heavy atom. The second-order valence-electron chi connectivity index (χ2n) is 6.77. The first-order valence-corrected chi connectivity index (χ1v) is 8.56. The number of para-hydroxylation sites is 1. The van der Waals surface area contributed by atoms with Gasteiger partial charge in [-0.05, 0) is 26.8 Å². The molecule has 1 aromatic carbocycles. The van der Waals surface area contributed by atoms with Gasteiger partial charge in [-0.15, -0.1) is 0 Å². The molecule has 1 aliphatic heterocycles. The van der Waals surface area contributed by atoms with E-state index in [1.807, 2.05) is 19.1 Å². The van der Waals surface area contributed by atoms with Crippen LogP contribution in [-0.2, 0) is 4.74 Å². The molecule has 0 bridgehead atoms. The molecule has 1 saturated heterocycles. The quantitative estimate of drug-likeness (QED) is 0.919. The molecule has 0 saturated carbocycles. The van der Waals surface area contributed by atoms with Crippen LogP contribution in [0.2, 0.25) is 5.02 Å². The highest BCUT2D eigenvalue weighted by molar-refractivity contribution is 6.35. The summed E-state index contributed by atoms with van der Waals surface area (Å²) in [5.74, 6) is 0.122. The Kier molecular flexibility index (Phi) is 4.85. The van der Waals surface area contributed by atoms with Gasteiger partial charge < -0.3 is 14.5 Å². The fourth-order valence-electron chi connectivity index (χ4n) is 3.08. The number of carbonyl (C=O) groups excluding carboxylic acids is 1. The van der Waals surface area contributed by atoms with Crippen molar-refractivity contribution in [1.29, 1.82) is 0 Å². The van der Waals surface area contributed by atoms with Gasteiger partial charge in [0.05, 0.1) is 18.2 Å². The molecule has 0 radical (unpaired) electrons. The van der Waals surface area contributed by atoms with Gasteiger partial charge in [0.2, 0.25) is 0 Å². The minimum Gasteiger partial charge on any atom is -0.449 e. The molecule has 1 N–H and O–H groups in total. The Morgan fingerprint density at radius 2 is 2.04 bits per heavy atom. The number of benzene rings is 1. The number of hydrogen-bond donors (Lipinski definition) is 1. The van der Waals surface area contributed by atoms with Crippen molar-refractivity contribution in [3.8, 4) is 0 Å². The van der Waals surface area contributed by atoms with E-state index in [0.29, 0.717) is 22.9 Å². The summed E-state index contributed by atoms with van der Waals surface area (Å²) in [7, 11) is 0. The Labute approximate surface area is 146 Å². The maximum atomic E-state index is 12.6. The topological polar surface area (TPSA) is 54.7 Å². The molecule has 0 spiro atoms. The third-order valence-electron chi connectivity index (χ3n) is 4.67. The number of halogens is 1. The molecule has 1 aromatic heterocycles. The number of rotatable bonds is 4. The second kappa shape index (κ2) is 6.75. The van der Waals surface area contributed by atoms with Gasteiger partial charge in [0, 0.05) is 36.1 Å². The molecule has 1 aliphatic rings. The molecular formula is C18H23ClN2O3. The molecule has 0 unspecified atom stereocenters. The lowest BCUT2D eigenvalue weighted by Gasteiger charge is -2.40. The largest absolute Gasteiger partial charge is 0.449 e. The number of carbonyl (C=O) groups is 1. The van der Waals surface area contributed by atoms with Gasteiger partial charge in [-0.25, -0.2) is 0 Å². The summed E-state index contributed by atoms with van der Waals surface area (Å²) in [6, 6.07) is 5.53. The summed E-state index contributed by atoms with van der Waals surface area (Å²) in [6.45, 7) is 9.89. The van der Waals surface area contributed by atoms with Crippen LogP contribution in [0.25, 0.3) is 11.0 Å². The molecule has 2 aromatic rings. The van der Waals surface area contributed by atoms with E-state index in [4.69, 9.17) is 20.8 Å². The van der Waals surface area contributed by atoms with Crippen molar-refractivity contribution in [2.24, 2.45) is 0 Å². The standard InChI is InChI=1S/C18H23ClN2O3/c1-12-13-5-4-6-14(19)16(13)24-15(12)17(22)20-11-18(2,3)21-7-9-23-10-8-21/h4-6H,7-11H2,1-3H3,(H,20,22). The van der Waals surface area contributed by atoms with E-state index in [-0.39, 0.29) is 11.4 Å². The van der Waals surface area contributed by atoms with E-state index in [9.17, 15) is 4.79 Å². The number of amides is 1. The lowest BCUT2D eigenvalue weighted by molar-refractivity contribution is -0.00929. The number of nitrogens with zero attached hydrogens (tertiary/aromatic N) is 1. The first-order valence-electron chi connectivity index (χ1n) is 8.19. The van der Waals surface area contributed by atoms with Crippen molar-refractivity contribution >= 4 is 28.5 Å². The van der Waals surface area contributed by atoms with E-state index in [2.05, 4.69) is 24.1 Å². The molecule has 5 nitrogen and oxygen atoms in total. The number of fused-ring (bicyclic) bond motifs is 1. The summed E-state index contributed by atoms with van der Waals surface area (Å²) in [5, 5.41) is 4.39. The van der Waals surface area contributed by atoms with Gasteiger partial charge in [0.25, 0.3) is 5.91 Å². The van der Waals surface area contributed by atoms with Gasteiger partial charge in [0.1, 0.15) is 0 Å². The fourth-order valence-corrected chi connectivity index (χ4v) is 3.30. The molecular weight excluding hydrogens is 328 g/mol. The van der Waals surface area contributed by atoms with Gasteiger partial charge in [-0.3, -0.25) is 9.69 Å². The zero-order valence-electron chi connectivity index (χ0n) is 14.3. The Balaban J connectivity index is 1.73. The number of furan rings is 1. The SMILES string of the molecule is Cc1c(C(=O)NCC(C)(C)N2CCOCC2)oc2c(Cl)cccc12. The molecule has 1 fully saturated rings. The molecule has 130 valence electrons. The Morgan fingerprint density at radius 1 is 1.33 bits per heavy atom. The third-order valence-corrected chi connectivity index (χ3v) is 4.97. The number of nitrogens with one attached hydrogen (secondary N) is 1. The Bertz CT molecular complexity index is 748. The molecule has 2 heterocycles. The number of aryl methyl sites for hydroxylation is 1. The fraction of sp³-hybridized carbons (Fsp3) is 0.500. The summed E-state index contributed by atoms with van der Waals surface area (Å²) >= 11 is 6.15. The maximum absolute atomic E-state index is 12.6. The van der Waals surface area contributed by atoms with E-state index >= 15 is 0 Å². The van der Waals surface area contributed by atoms with Crippen molar-refractivity contribution in [1.82, 2.24) is 10.2 Å². The number of ether oxygens (including phenoxy) is 1. The molecule has 0 atom stereocenters. The molecule has 3 rings (SSSR count). The smallest absolute Gasteiger partial charge is 0.287 e. The average molecular weight is 351 g/mol. The minimum atomic E-state index is -0.207. The van der Waals surface area contributed by atoms with Crippen LogP contribution in [0.15, 0.2) is 22.6 Å². The molecule has 0 aliphatic carbocycles. The third kappa shape index (κ3) is 3.29. The van der Waals surface area contributed by atoms with Crippen LogP contribution < -0.4 is 5.32 Å². The van der Waals surface area contributed by atoms with Gasteiger partial charge >= 0.3 is 0 Å². The maximum Gasteiger partial charge on any atom is 0.287 e. The van der Waals surface area contributed by atoms with Crippen LogP contribution in [-0.4, -0.2) is 49.2 Å². The van der Waals surface area contributed by atoms with Crippen LogP contribution in [0.3, 0.4) is 0 Å². The Hall–Kier alpha value is -1.56. The molecule has 1 amide bonds. The normalized spacial score (nSPS) is 16.5. The van der Waals surface area contributed by atoms with E-state index in [0.717, 1.165) is 37.3 Å². The number of hydrogen-bond acceptors (Lipinski definition) is 4. The van der Waals surface area contributed by atoms with Crippen molar-refractivity contribution in [2.45, 2.75) is 26.3 Å². The summed E-state index contributed by atoms with van der Waals surface area (Å²) in [6.07, 6.45) is 0. The van der Waals surface area contributed by atoms with Crippen molar-refractivity contribution < 1.29 is 13.9 Å². The van der Waals surface area contributed by atoms with Crippen LogP contribution in [0.4, 0.5) is 0 Å². The predicted molar refractivity (Wildman–Crippen MR) is 94.8 cm³/mol. The van der Waals surface area contributed by atoms with Crippen LogP contribution in [0, 0.1) is 6.92 Å². The lowest BCUT2D eigenvalue weighted by Crippen LogP contribution is -2.55. The van der Waals surface area contributed by atoms with Crippen molar-refractivity contribution in [3.05, 3.63) is 34.5 Å². The number of morpholine rings is 1. The van der Waals surface area contributed by atoms with Gasteiger partial charge in [-0.1, -0.05) is 23.7 Å². The van der Waals surface area contributed by atoms with Crippen LogP contribution in [0.5, 0.6) is 0 Å². The highest BCUT2D eigenvalue weighted by Crippen LogP contribution is 2.30. The predicted octanol–water partition coefficient (Wildman–Crippen LogP) is 3.24. The highest BCUT2D eigenvalue weighted by atomic mass is 35.5. The van der Waals surface area contributed by atoms with E-state index in [1.165, 1.54) is 0 Å². The van der Waals surface area contributed by atoms with Gasteiger partial charge in [0.15, 0.2) is 11.3 Å². The summed E-state index contributed by atoms with van der Waals surface area (Å²) < 4.78 is 11.1. The minimum absolute atomic E-state index is 0.142. The van der Waals surface area contributed by atoms with E-state index in [1.54, 1.807) is 6.07 Å². The van der Waals surface area contributed by atoms with Crippen molar-refractivity contribution in [2.75, 3.05) is 32.8 Å². The summed E-state index contributed by atoms with van der Waals surface area (Å²) in [5.41, 5.74) is 1.24. The monoisotopic (exact) mass is 350 g/mol. The summed E-state index contributed by atoms with van der Waals surface area (Å²) in [4.78, 5) is 14.9. The second-order valence-corrected chi connectivity index (χ2v) is 7.17. The van der Waals surface area contributed by atoms with Crippen LogP contribution >= 0.6 is 11.6 Å². The van der Waals surface area contributed by atoms with Crippen molar-refractivity contribution in [3.63, 3.8) is 0 Å². The molecule has 6 heteroatoms. The first kappa shape index (κ1) is 17.3. The zero-order chi connectivity index (χ0) is 17.3. The highest BCUT2D eigenvalue weighted by Gasteiger charge is 2.29. The lowest BCUT2D eigenvalue weighted by atomic mass is 10.0. The zero-order valence-corrected chi connectivity index (χ0v) is 15.1. The average Bonchev–Trinajstić information content (AvgIpc) is 2.92. The van der Waals surface area contributed by atoms with E-state index < -0.39 is 0 Å².